The molecular weight excluding hydrogens is 254 g/mol. The normalized spacial score (nSPS) is 25.4. The van der Waals surface area contributed by atoms with Gasteiger partial charge in [-0.1, -0.05) is 30.3 Å². The van der Waals surface area contributed by atoms with Crippen molar-refractivity contribution in [1.82, 2.24) is 4.90 Å². The van der Waals surface area contributed by atoms with Crippen molar-refractivity contribution in [2.45, 2.75) is 25.9 Å². The molecule has 1 aliphatic carbocycles. The SMILES string of the molecule is O=C1CC[C@H]2CN(C(=O)OCc3ccccc3)CC[C@H]12. The van der Waals surface area contributed by atoms with Gasteiger partial charge in [-0.15, -0.1) is 0 Å². The molecule has 1 amide bonds. The van der Waals surface area contributed by atoms with E-state index in [2.05, 4.69) is 0 Å². The highest BCUT2D eigenvalue weighted by Crippen LogP contribution is 2.35. The number of likely N-dealkylation sites (tertiary alicyclic amines) is 1. The van der Waals surface area contributed by atoms with Crippen molar-refractivity contribution in [2.24, 2.45) is 11.8 Å². The largest absolute Gasteiger partial charge is 0.445 e. The minimum Gasteiger partial charge on any atom is -0.445 e. The van der Waals surface area contributed by atoms with Crippen molar-refractivity contribution >= 4 is 11.9 Å². The molecule has 1 saturated carbocycles. The molecule has 4 heteroatoms. The summed E-state index contributed by atoms with van der Waals surface area (Å²) < 4.78 is 5.34. The molecule has 1 heterocycles. The summed E-state index contributed by atoms with van der Waals surface area (Å²) in [5, 5.41) is 0. The van der Waals surface area contributed by atoms with Crippen molar-refractivity contribution in [2.75, 3.05) is 13.1 Å². The van der Waals surface area contributed by atoms with Gasteiger partial charge < -0.3 is 9.64 Å². The maximum Gasteiger partial charge on any atom is 0.410 e. The van der Waals surface area contributed by atoms with Crippen LogP contribution in [0.25, 0.3) is 0 Å². The van der Waals surface area contributed by atoms with Crippen LogP contribution in [0.15, 0.2) is 30.3 Å². The third kappa shape index (κ3) is 2.69. The highest BCUT2D eigenvalue weighted by molar-refractivity contribution is 5.83. The predicted molar refractivity (Wildman–Crippen MR) is 74.0 cm³/mol. The quantitative estimate of drug-likeness (QED) is 0.832. The molecule has 20 heavy (non-hydrogen) atoms. The summed E-state index contributed by atoms with van der Waals surface area (Å²) in [6.07, 6.45) is 2.14. The molecule has 1 saturated heterocycles. The Labute approximate surface area is 118 Å². The molecule has 1 aliphatic heterocycles. The van der Waals surface area contributed by atoms with E-state index in [1.807, 2.05) is 30.3 Å². The number of hydrogen-bond acceptors (Lipinski definition) is 3. The van der Waals surface area contributed by atoms with Crippen LogP contribution < -0.4 is 0 Å². The molecule has 0 spiro atoms. The van der Waals surface area contributed by atoms with Crippen LogP contribution >= 0.6 is 0 Å². The average Bonchev–Trinajstić information content (AvgIpc) is 2.87. The summed E-state index contributed by atoms with van der Waals surface area (Å²) in [6, 6.07) is 9.68. The van der Waals surface area contributed by atoms with E-state index in [1.54, 1.807) is 4.90 Å². The van der Waals surface area contributed by atoms with E-state index in [0.717, 1.165) is 18.4 Å². The number of amides is 1. The average molecular weight is 273 g/mol. The Kier molecular flexibility index (Phi) is 3.72. The summed E-state index contributed by atoms with van der Waals surface area (Å²) in [4.78, 5) is 25.5. The maximum atomic E-state index is 12.1. The zero-order valence-corrected chi connectivity index (χ0v) is 11.5. The van der Waals surface area contributed by atoms with Gasteiger partial charge in [0.15, 0.2) is 0 Å². The van der Waals surface area contributed by atoms with Gasteiger partial charge in [0.05, 0.1) is 0 Å². The van der Waals surface area contributed by atoms with Gasteiger partial charge >= 0.3 is 6.09 Å². The summed E-state index contributed by atoms with van der Waals surface area (Å²) in [5.41, 5.74) is 0.992. The molecular formula is C16H19NO3. The van der Waals surface area contributed by atoms with E-state index in [9.17, 15) is 9.59 Å². The van der Waals surface area contributed by atoms with Gasteiger partial charge in [-0.05, 0) is 24.3 Å². The summed E-state index contributed by atoms with van der Waals surface area (Å²) in [6.45, 7) is 1.62. The van der Waals surface area contributed by atoms with Crippen LogP contribution in [0.1, 0.15) is 24.8 Å². The molecule has 106 valence electrons. The van der Waals surface area contributed by atoms with Crippen LogP contribution in [0, 0.1) is 11.8 Å². The van der Waals surface area contributed by atoms with Crippen molar-refractivity contribution in [3.05, 3.63) is 35.9 Å². The molecule has 4 nitrogen and oxygen atoms in total. The summed E-state index contributed by atoms with van der Waals surface area (Å²) in [7, 11) is 0. The number of hydrogen-bond donors (Lipinski definition) is 0. The molecule has 3 rings (SSSR count). The highest BCUT2D eigenvalue weighted by Gasteiger charge is 2.40. The lowest BCUT2D eigenvalue weighted by molar-refractivity contribution is -0.122. The van der Waals surface area contributed by atoms with E-state index < -0.39 is 0 Å². The Morgan fingerprint density at radius 2 is 2.05 bits per heavy atom. The predicted octanol–water partition coefficient (Wildman–Crippen LogP) is 2.62. The van der Waals surface area contributed by atoms with Crippen LogP contribution in [-0.2, 0) is 16.1 Å². The highest BCUT2D eigenvalue weighted by atomic mass is 16.6. The molecule has 2 aliphatic rings. The second kappa shape index (κ2) is 5.65. The third-order valence-corrected chi connectivity index (χ3v) is 4.37. The van der Waals surface area contributed by atoms with Gasteiger partial charge in [0.1, 0.15) is 12.4 Å². The van der Waals surface area contributed by atoms with Gasteiger partial charge in [0, 0.05) is 25.4 Å². The zero-order valence-electron chi connectivity index (χ0n) is 11.5. The smallest absolute Gasteiger partial charge is 0.410 e. The minimum atomic E-state index is -0.258. The second-order valence-corrected chi connectivity index (χ2v) is 5.65. The topological polar surface area (TPSA) is 46.6 Å². The number of carbonyl (C=O) groups is 2. The number of carbonyl (C=O) groups excluding carboxylic acids is 2. The number of Topliss-reactive ketones (excluding diaryl/α,β-unsaturated/α-hetero) is 1. The van der Waals surface area contributed by atoms with Crippen molar-refractivity contribution in [1.29, 1.82) is 0 Å². The molecule has 0 unspecified atom stereocenters. The van der Waals surface area contributed by atoms with Crippen LogP contribution in [0.2, 0.25) is 0 Å². The number of fused-ring (bicyclic) bond motifs is 1. The van der Waals surface area contributed by atoms with Gasteiger partial charge in [-0.25, -0.2) is 4.79 Å². The van der Waals surface area contributed by atoms with E-state index in [4.69, 9.17) is 4.74 Å². The molecule has 1 aromatic rings. The standard InChI is InChI=1S/C16H19NO3/c18-15-7-6-13-10-17(9-8-14(13)15)16(19)20-11-12-4-2-1-3-5-12/h1-5,13-14H,6-11H2/t13-,14-/m0/s1. The molecule has 0 N–H and O–H groups in total. The number of rotatable bonds is 2. The Morgan fingerprint density at radius 1 is 1.25 bits per heavy atom. The number of ether oxygens (including phenoxy) is 1. The first kappa shape index (κ1) is 13.2. The first-order chi connectivity index (χ1) is 9.74. The zero-order chi connectivity index (χ0) is 13.9. The Morgan fingerprint density at radius 3 is 2.85 bits per heavy atom. The Balaban J connectivity index is 1.52. The number of nitrogens with zero attached hydrogens (tertiary/aromatic N) is 1. The van der Waals surface area contributed by atoms with Crippen molar-refractivity contribution < 1.29 is 14.3 Å². The molecule has 2 atom stereocenters. The lowest BCUT2D eigenvalue weighted by Crippen LogP contribution is -2.43. The van der Waals surface area contributed by atoms with E-state index in [-0.39, 0.29) is 12.0 Å². The molecule has 2 fully saturated rings. The molecule has 0 radical (unpaired) electrons. The monoisotopic (exact) mass is 273 g/mol. The first-order valence-corrected chi connectivity index (χ1v) is 7.22. The van der Waals surface area contributed by atoms with Crippen LogP contribution in [-0.4, -0.2) is 29.9 Å². The van der Waals surface area contributed by atoms with Crippen LogP contribution in [0.4, 0.5) is 4.79 Å². The first-order valence-electron chi connectivity index (χ1n) is 7.22. The Bertz CT molecular complexity index is 500. The summed E-state index contributed by atoms with van der Waals surface area (Å²) in [5.74, 6) is 0.918. The van der Waals surface area contributed by atoms with Gasteiger partial charge in [0.25, 0.3) is 0 Å². The third-order valence-electron chi connectivity index (χ3n) is 4.37. The minimum absolute atomic E-state index is 0.188. The summed E-state index contributed by atoms with van der Waals surface area (Å²) >= 11 is 0. The van der Waals surface area contributed by atoms with Crippen molar-refractivity contribution in [3.8, 4) is 0 Å². The van der Waals surface area contributed by atoms with Gasteiger partial charge in [-0.3, -0.25) is 4.79 Å². The number of ketones is 1. The lowest BCUT2D eigenvalue weighted by Gasteiger charge is -2.33. The molecule has 0 bridgehead atoms. The fourth-order valence-electron chi connectivity index (χ4n) is 3.24. The maximum absolute atomic E-state index is 12.1. The number of piperidine rings is 1. The molecule has 1 aromatic carbocycles. The second-order valence-electron chi connectivity index (χ2n) is 5.65. The Hall–Kier alpha value is -1.84. The lowest BCUT2D eigenvalue weighted by atomic mass is 9.88. The van der Waals surface area contributed by atoms with E-state index in [0.29, 0.717) is 37.8 Å². The van der Waals surface area contributed by atoms with Gasteiger partial charge in [0.2, 0.25) is 0 Å². The van der Waals surface area contributed by atoms with E-state index >= 15 is 0 Å². The fraction of sp³-hybridized carbons (Fsp3) is 0.500. The van der Waals surface area contributed by atoms with E-state index in [1.165, 1.54) is 0 Å². The molecule has 0 aromatic heterocycles. The number of benzene rings is 1. The van der Waals surface area contributed by atoms with Gasteiger partial charge in [-0.2, -0.15) is 0 Å². The van der Waals surface area contributed by atoms with Crippen LogP contribution in [0.3, 0.4) is 0 Å². The van der Waals surface area contributed by atoms with Crippen LogP contribution in [0.5, 0.6) is 0 Å². The fourth-order valence-corrected chi connectivity index (χ4v) is 3.24. The van der Waals surface area contributed by atoms with Crippen molar-refractivity contribution in [3.63, 3.8) is 0 Å².